The van der Waals surface area contributed by atoms with Gasteiger partial charge in [0.05, 0.1) is 19.9 Å². The Labute approximate surface area is 113 Å². The van der Waals surface area contributed by atoms with E-state index in [2.05, 4.69) is 20.9 Å². The van der Waals surface area contributed by atoms with Crippen molar-refractivity contribution in [3.8, 4) is 5.75 Å². The van der Waals surface area contributed by atoms with Gasteiger partial charge in [-0.3, -0.25) is 4.79 Å². The maximum atomic E-state index is 11.2. The molecule has 94 valence electrons. The zero-order valence-corrected chi connectivity index (χ0v) is 11.3. The van der Waals surface area contributed by atoms with Crippen molar-refractivity contribution >= 4 is 21.8 Å². The summed E-state index contributed by atoms with van der Waals surface area (Å²) >= 11 is 3.29. The summed E-state index contributed by atoms with van der Waals surface area (Å²) in [6, 6.07) is 7.58. The van der Waals surface area contributed by atoms with Gasteiger partial charge in [0.25, 0.3) is 5.91 Å². The SMILES string of the molecule is COc1ccc(Cn2c(C(N)=O)cnc2Br)cc1. The summed E-state index contributed by atoms with van der Waals surface area (Å²) < 4.78 is 7.38. The molecule has 0 unspecified atom stereocenters. The lowest BCUT2D eigenvalue weighted by Crippen LogP contribution is -2.17. The number of rotatable bonds is 4. The van der Waals surface area contributed by atoms with E-state index in [1.807, 2.05) is 24.3 Å². The van der Waals surface area contributed by atoms with Crippen LogP contribution in [0.3, 0.4) is 0 Å². The number of amides is 1. The third-order valence-electron chi connectivity index (χ3n) is 2.56. The van der Waals surface area contributed by atoms with Crippen LogP contribution in [0.15, 0.2) is 35.2 Å². The fourth-order valence-electron chi connectivity index (χ4n) is 1.61. The van der Waals surface area contributed by atoms with E-state index >= 15 is 0 Å². The van der Waals surface area contributed by atoms with Gasteiger partial charge in [-0.05, 0) is 33.6 Å². The minimum Gasteiger partial charge on any atom is -0.497 e. The summed E-state index contributed by atoms with van der Waals surface area (Å²) in [5, 5.41) is 0. The van der Waals surface area contributed by atoms with Gasteiger partial charge in [0.15, 0.2) is 4.73 Å². The maximum absolute atomic E-state index is 11.2. The second-order valence-electron chi connectivity index (χ2n) is 3.71. The number of hydrogen-bond acceptors (Lipinski definition) is 3. The maximum Gasteiger partial charge on any atom is 0.267 e. The van der Waals surface area contributed by atoms with Gasteiger partial charge in [-0.15, -0.1) is 0 Å². The fraction of sp³-hybridized carbons (Fsp3) is 0.167. The average Bonchev–Trinajstić information content (AvgIpc) is 2.72. The first-order valence-electron chi connectivity index (χ1n) is 5.25. The van der Waals surface area contributed by atoms with Crippen molar-refractivity contribution in [1.29, 1.82) is 0 Å². The van der Waals surface area contributed by atoms with Crippen LogP contribution in [-0.2, 0) is 6.54 Å². The van der Waals surface area contributed by atoms with Crippen molar-refractivity contribution < 1.29 is 9.53 Å². The smallest absolute Gasteiger partial charge is 0.267 e. The number of imidazole rings is 1. The standard InChI is InChI=1S/C12H12BrN3O2/c1-18-9-4-2-8(3-5-9)7-16-10(11(14)17)6-15-12(16)13/h2-6H,7H2,1H3,(H2,14,17). The molecular formula is C12H12BrN3O2. The van der Waals surface area contributed by atoms with Crippen LogP contribution in [0, 0.1) is 0 Å². The fourth-order valence-corrected chi connectivity index (χ4v) is 2.03. The molecule has 0 aliphatic rings. The van der Waals surface area contributed by atoms with Gasteiger partial charge in [0.1, 0.15) is 11.4 Å². The van der Waals surface area contributed by atoms with Gasteiger partial charge >= 0.3 is 0 Å². The van der Waals surface area contributed by atoms with Crippen molar-refractivity contribution in [3.63, 3.8) is 0 Å². The Morgan fingerprint density at radius 3 is 2.67 bits per heavy atom. The Bertz CT molecular complexity index is 563. The second kappa shape index (κ2) is 5.22. The molecule has 0 bridgehead atoms. The van der Waals surface area contributed by atoms with Gasteiger partial charge in [-0.2, -0.15) is 0 Å². The molecule has 18 heavy (non-hydrogen) atoms. The highest BCUT2D eigenvalue weighted by Gasteiger charge is 2.12. The molecule has 6 heteroatoms. The Morgan fingerprint density at radius 2 is 2.11 bits per heavy atom. The van der Waals surface area contributed by atoms with Crippen LogP contribution < -0.4 is 10.5 Å². The Balaban J connectivity index is 2.27. The number of carbonyl (C=O) groups is 1. The minimum atomic E-state index is -0.498. The summed E-state index contributed by atoms with van der Waals surface area (Å²) in [7, 11) is 1.62. The van der Waals surface area contributed by atoms with Gasteiger partial charge in [0.2, 0.25) is 0 Å². The van der Waals surface area contributed by atoms with E-state index in [9.17, 15) is 4.79 Å². The quantitative estimate of drug-likeness (QED) is 0.936. The van der Waals surface area contributed by atoms with Gasteiger partial charge in [-0.25, -0.2) is 4.98 Å². The number of benzene rings is 1. The number of methoxy groups -OCH3 is 1. The molecule has 0 atom stereocenters. The van der Waals surface area contributed by atoms with E-state index < -0.39 is 5.91 Å². The lowest BCUT2D eigenvalue weighted by atomic mass is 10.2. The van der Waals surface area contributed by atoms with E-state index in [1.165, 1.54) is 6.20 Å². The molecule has 0 saturated carbocycles. The van der Waals surface area contributed by atoms with Crippen LogP contribution >= 0.6 is 15.9 Å². The predicted molar refractivity (Wildman–Crippen MR) is 70.5 cm³/mol. The monoisotopic (exact) mass is 309 g/mol. The average molecular weight is 310 g/mol. The molecule has 0 fully saturated rings. The van der Waals surface area contributed by atoms with E-state index in [4.69, 9.17) is 10.5 Å². The Morgan fingerprint density at radius 1 is 1.44 bits per heavy atom. The summed E-state index contributed by atoms with van der Waals surface area (Å²) in [6.07, 6.45) is 1.45. The predicted octanol–water partition coefficient (Wildman–Crippen LogP) is 1.80. The third-order valence-corrected chi connectivity index (χ3v) is 3.19. The van der Waals surface area contributed by atoms with Crippen LogP contribution in [0.25, 0.3) is 0 Å². The number of carbonyl (C=O) groups excluding carboxylic acids is 1. The Kier molecular flexibility index (Phi) is 3.66. The highest BCUT2D eigenvalue weighted by Crippen LogP contribution is 2.17. The molecule has 1 amide bonds. The van der Waals surface area contributed by atoms with Crippen molar-refractivity contribution in [3.05, 3.63) is 46.5 Å². The number of aromatic nitrogens is 2. The van der Waals surface area contributed by atoms with Crippen LogP contribution in [0.2, 0.25) is 0 Å². The molecule has 1 aromatic carbocycles. The molecule has 2 N–H and O–H groups in total. The summed E-state index contributed by atoms with van der Waals surface area (Å²) in [4.78, 5) is 15.3. The van der Waals surface area contributed by atoms with Crippen molar-refractivity contribution in [2.75, 3.05) is 7.11 Å². The Hall–Kier alpha value is -1.82. The first-order valence-corrected chi connectivity index (χ1v) is 6.05. The van der Waals surface area contributed by atoms with E-state index in [1.54, 1.807) is 11.7 Å². The molecule has 5 nitrogen and oxygen atoms in total. The lowest BCUT2D eigenvalue weighted by Gasteiger charge is -2.08. The molecule has 2 rings (SSSR count). The van der Waals surface area contributed by atoms with Crippen molar-refractivity contribution in [2.24, 2.45) is 5.73 Å². The van der Waals surface area contributed by atoms with Crippen molar-refractivity contribution in [2.45, 2.75) is 6.54 Å². The highest BCUT2D eigenvalue weighted by molar-refractivity contribution is 9.10. The zero-order chi connectivity index (χ0) is 13.1. The number of primary amides is 1. The lowest BCUT2D eigenvalue weighted by molar-refractivity contribution is 0.0991. The van der Waals surface area contributed by atoms with Gasteiger partial charge in [-0.1, -0.05) is 12.1 Å². The zero-order valence-electron chi connectivity index (χ0n) is 9.76. The van der Waals surface area contributed by atoms with E-state index in [0.29, 0.717) is 17.0 Å². The van der Waals surface area contributed by atoms with Gasteiger partial charge < -0.3 is 15.0 Å². The molecule has 0 aliphatic carbocycles. The molecule has 0 spiro atoms. The van der Waals surface area contributed by atoms with Crippen LogP contribution in [0.5, 0.6) is 5.75 Å². The number of nitrogens with two attached hydrogens (primary N) is 1. The first kappa shape index (κ1) is 12.6. The summed E-state index contributed by atoms with van der Waals surface area (Å²) in [5.41, 5.74) is 6.68. The highest BCUT2D eigenvalue weighted by atomic mass is 79.9. The summed E-state index contributed by atoms with van der Waals surface area (Å²) in [5.74, 6) is 0.292. The van der Waals surface area contributed by atoms with Crippen molar-refractivity contribution in [1.82, 2.24) is 9.55 Å². The molecule has 2 aromatic rings. The molecule has 0 saturated heterocycles. The van der Waals surface area contributed by atoms with Crippen LogP contribution in [0.1, 0.15) is 16.1 Å². The number of ether oxygens (including phenoxy) is 1. The molecule has 0 aliphatic heterocycles. The van der Waals surface area contributed by atoms with E-state index in [0.717, 1.165) is 11.3 Å². The molecule has 1 heterocycles. The second-order valence-corrected chi connectivity index (χ2v) is 4.42. The van der Waals surface area contributed by atoms with Crippen LogP contribution in [-0.4, -0.2) is 22.6 Å². The topological polar surface area (TPSA) is 70.1 Å². The molecule has 1 aromatic heterocycles. The minimum absolute atomic E-state index is 0.373. The number of hydrogen-bond donors (Lipinski definition) is 1. The number of halogens is 1. The normalized spacial score (nSPS) is 10.3. The van der Waals surface area contributed by atoms with E-state index in [-0.39, 0.29) is 0 Å². The number of nitrogens with zero attached hydrogens (tertiary/aromatic N) is 2. The van der Waals surface area contributed by atoms with Gasteiger partial charge in [0, 0.05) is 0 Å². The first-order chi connectivity index (χ1) is 8.61. The summed E-state index contributed by atoms with van der Waals surface area (Å²) in [6.45, 7) is 0.517. The van der Waals surface area contributed by atoms with Crippen LogP contribution in [0.4, 0.5) is 0 Å². The molecule has 0 radical (unpaired) electrons. The third kappa shape index (κ3) is 2.53. The molecular weight excluding hydrogens is 298 g/mol. The largest absolute Gasteiger partial charge is 0.497 e.